The van der Waals surface area contributed by atoms with Crippen LogP contribution in [0.15, 0.2) is 77.6 Å². The second kappa shape index (κ2) is 6.63. The van der Waals surface area contributed by atoms with E-state index in [4.69, 9.17) is 4.74 Å². The molecule has 1 amide bonds. The summed E-state index contributed by atoms with van der Waals surface area (Å²) in [7, 11) is 0. The van der Waals surface area contributed by atoms with Gasteiger partial charge >= 0.3 is 0 Å². The van der Waals surface area contributed by atoms with Gasteiger partial charge < -0.3 is 9.72 Å². The molecule has 1 aliphatic heterocycles. The van der Waals surface area contributed by atoms with Gasteiger partial charge in [0.05, 0.1) is 5.69 Å². The molecule has 1 aliphatic rings. The number of pyridine rings is 1. The fourth-order valence-corrected chi connectivity index (χ4v) is 3.85. The quantitative estimate of drug-likeness (QED) is 0.553. The van der Waals surface area contributed by atoms with Crippen LogP contribution in [-0.4, -0.2) is 17.5 Å². The van der Waals surface area contributed by atoms with Crippen LogP contribution in [0.5, 0.6) is 5.75 Å². The van der Waals surface area contributed by atoms with E-state index in [1.54, 1.807) is 0 Å². The average molecular weight is 382 g/mol. The molecule has 3 aromatic carbocycles. The van der Waals surface area contributed by atoms with Gasteiger partial charge in [0.15, 0.2) is 6.61 Å². The SMILES string of the molecule is Cc1ccc2c(c1)N(c1c(-c3ccccc3)c3ccccc3[nH]c1=O)C(=O)CO2. The molecule has 0 unspecified atom stereocenters. The average Bonchev–Trinajstić information content (AvgIpc) is 2.74. The predicted molar refractivity (Wildman–Crippen MR) is 114 cm³/mol. The van der Waals surface area contributed by atoms with Gasteiger partial charge in [0.2, 0.25) is 0 Å². The van der Waals surface area contributed by atoms with Crippen LogP contribution in [0.4, 0.5) is 11.4 Å². The monoisotopic (exact) mass is 382 g/mol. The highest BCUT2D eigenvalue weighted by atomic mass is 16.5. The lowest BCUT2D eigenvalue weighted by Crippen LogP contribution is -2.38. The Kier molecular flexibility index (Phi) is 3.95. The van der Waals surface area contributed by atoms with Gasteiger partial charge in [0, 0.05) is 16.5 Å². The number of rotatable bonds is 2. The highest BCUT2D eigenvalue weighted by molar-refractivity contribution is 6.11. The molecular formula is C24H18N2O3. The molecular weight excluding hydrogens is 364 g/mol. The molecule has 0 atom stereocenters. The molecule has 0 aliphatic carbocycles. The third-order valence-electron chi connectivity index (χ3n) is 5.14. The van der Waals surface area contributed by atoms with Gasteiger partial charge in [-0.25, -0.2) is 0 Å². The number of nitrogens with zero attached hydrogens (tertiary/aromatic N) is 1. The second-order valence-corrected chi connectivity index (χ2v) is 7.08. The van der Waals surface area contributed by atoms with Gasteiger partial charge in [-0.15, -0.1) is 0 Å². The summed E-state index contributed by atoms with van der Waals surface area (Å²) in [6, 6.07) is 22.9. The van der Waals surface area contributed by atoms with E-state index in [2.05, 4.69) is 4.98 Å². The van der Waals surface area contributed by atoms with Crippen LogP contribution in [0.1, 0.15) is 5.56 Å². The number of hydrogen-bond acceptors (Lipinski definition) is 3. The van der Waals surface area contributed by atoms with E-state index < -0.39 is 0 Å². The number of aryl methyl sites for hydroxylation is 1. The smallest absolute Gasteiger partial charge is 0.273 e. The topological polar surface area (TPSA) is 62.4 Å². The van der Waals surface area contributed by atoms with E-state index in [0.29, 0.717) is 17.1 Å². The van der Waals surface area contributed by atoms with Crippen molar-refractivity contribution in [2.75, 3.05) is 11.5 Å². The number of H-pyrrole nitrogens is 1. The van der Waals surface area contributed by atoms with Crippen LogP contribution in [0.3, 0.4) is 0 Å². The van der Waals surface area contributed by atoms with Crippen LogP contribution in [0, 0.1) is 6.92 Å². The molecule has 2 heterocycles. The normalized spacial score (nSPS) is 13.3. The Hall–Kier alpha value is -3.86. The Morgan fingerprint density at radius 3 is 2.52 bits per heavy atom. The zero-order valence-electron chi connectivity index (χ0n) is 15.8. The molecule has 0 fully saturated rings. The number of nitrogens with one attached hydrogen (secondary N) is 1. The van der Waals surface area contributed by atoms with Crippen molar-refractivity contribution in [1.82, 2.24) is 4.98 Å². The van der Waals surface area contributed by atoms with Gasteiger partial charge in [0.25, 0.3) is 11.5 Å². The zero-order valence-corrected chi connectivity index (χ0v) is 15.8. The van der Waals surface area contributed by atoms with Gasteiger partial charge in [0.1, 0.15) is 11.4 Å². The summed E-state index contributed by atoms with van der Waals surface area (Å²) in [4.78, 5) is 30.7. The molecule has 5 nitrogen and oxygen atoms in total. The van der Waals surface area contributed by atoms with E-state index in [0.717, 1.165) is 27.6 Å². The van der Waals surface area contributed by atoms with Crippen LogP contribution in [0.25, 0.3) is 22.0 Å². The molecule has 1 aromatic heterocycles. The van der Waals surface area contributed by atoms with Gasteiger partial charge in [-0.2, -0.15) is 0 Å². The number of fused-ring (bicyclic) bond motifs is 2. The van der Waals surface area contributed by atoms with Gasteiger partial charge in [-0.1, -0.05) is 54.6 Å². The Labute approximate surface area is 167 Å². The molecule has 0 saturated carbocycles. The van der Waals surface area contributed by atoms with Crippen LogP contribution in [0.2, 0.25) is 0 Å². The number of hydrogen-bond donors (Lipinski definition) is 1. The molecule has 0 spiro atoms. The minimum absolute atomic E-state index is 0.115. The maximum atomic E-state index is 13.3. The van der Waals surface area contributed by atoms with E-state index in [1.165, 1.54) is 4.90 Å². The fraction of sp³-hybridized carbons (Fsp3) is 0.0833. The first-order chi connectivity index (χ1) is 14.1. The Bertz CT molecular complexity index is 1310. The maximum absolute atomic E-state index is 13.3. The lowest BCUT2D eigenvalue weighted by Gasteiger charge is -2.31. The Balaban J connectivity index is 1.90. The summed E-state index contributed by atoms with van der Waals surface area (Å²) in [5.74, 6) is 0.308. The summed E-state index contributed by atoms with van der Waals surface area (Å²) < 4.78 is 5.61. The largest absolute Gasteiger partial charge is 0.482 e. The van der Waals surface area contributed by atoms with Crippen LogP contribution >= 0.6 is 0 Å². The lowest BCUT2D eigenvalue weighted by molar-refractivity contribution is -0.120. The first-order valence-corrected chi connectivity index (χ1v) is 9.40. The van der Waals surface area contributed by atoms with Crippen LogP contribution < -0.4 is 15.2 Å². The zero-order chi connectivity index (χ0) is 20.0. The van der Waals surface area contributed by atoms with Crippen molar-refractivity contribution in [2.45, 2.75) is 6.92 Å². The fourth-order valence-electron chi connectivity index (χ4n) is 3.85. The van der Waals surface area contributed by atoms with Gasteiger partial charge in [-0.05, 0) is 36.2 Å². The first kappa shape index (κ1) is 17.3. The number of amides is 1. The number of anilines is 2. The number of carbonyl (C=O) groups is 1. The van der Waals surface area contributed by atoms with Crippen LogP contribution in [-0.2, 0) is 4.79 Å². The third kappa shape index (κ3) is 2.79. The highest BCUT2D eigenvalue weighted by Crippen LogP contribution is 2.42. The minimum Gasteiger partial charge on any atom is -0.482 e. The standard InChI is InChI=1S/C24H18N2O3/c1-15-11-12-20-19(13-15)26(21(27)14-29-20)23-22(16-7-3-2-4-8-16)17-9-5-6-10-18(17)25-24(23)28/h2-13H,14H2,1H3,(H,25,28). The molecule has 5 heteroatoms. The predicted octanol–water partition coefficient (Wildman–Crippen LogP) is 4.56. The third-order valence-corrected chi connectivity index (χ3v) is 5.14. The summed E-state index contributed by atoms with van der Waals surface area (Å²) in [6.07, 6.45) is 0. The number of aromatic nitrogens is 1. The molecule has 29 heavy (non-hydrogen) atoms. The Morgan fingerprint density at radius 2 is 1.69 bits per heavy atom. The van der Waals surface area contributed by atoms with Crippen molar-refractivity contribution < 1.29 is 9.53 Å². The van der Waals surface area contributed by atoms with E-state index in [1.807, 2.05) is 79.7 Å². The molecule has 0 radical (unpaired) electrons. The van der Waals surface area contributed by atoms with Crippen molar-refractivity contribution in [3.8, 4) is 16.9 Å². The lowest BCUT2D eigenvalue weighted by atomic mass is 9.98. The molecule has 0 bridgehead atoms. The van der Waals surface area contributed by atoms with Crippen molar-refractivity contribution in [3.63, 3.8) is 0 Å². The van der Waals surface area contributed by atoms with Crippen molar-refractivity contribution >= 4 is 28.2 Å². The Morgan fingerprint density at radius 1 is 0.931 bits per heavy atom. The van der Waals surface area contributed by atoms with E-state index in [9.17, 15) is 9.59 Å². The number of benzene rings is 3. The summed E-state index contributed by atoms with van der Waals surface area (Å²) in [5, 5.41) is 0.877. The number of para-hydroxylation sites is 1. The van der Waals surface area contributed by atoms with Crippen molar-refractivity contribution in [1.29, 1.82) is 0 Å². The first-order valence-electron chi connectivity index (χ1n) is 9.40. The summed E-state index contributed by atoms with van der Waals surface area (Å²) in [5.41, 5.74) is 3.89. The van der Waals surface area contributed by atoms with Crippen molar-refractivity contribution in [2.24, 2.45) is 0 Å². The van der Waals surface area contributed by atoms with Crippen molar-refractivity contribution in [3.05, 3.63) is 88.7 Å². The molecule has 142 valence electrons. The maximum Gasteiger partial charge on any atom is 0.273 e. The van der Waals surface area contributed by atoms with Gasteiger partial charge in [-0.3, -0.25) is 14.5 Å². The van der Waals surface area contributed by atoms with E-state index >= 15 is 0 Å². The van der Waals surface area contributed by atoms with E-state index in [-0.39, 0.29) is 18.1 Å². The molecule has 4 aromatic rings. The number of aromatic amines is 1. The highest BCUT2D eigenvalue weighted by Gasteiger charge is 2.32. The summed E-state index contributed by atoms with van der Waals surface area (Å²) >= 11 is 0. The minimum atomic E-state index is -0.315. The molecule has 5 rings (SSSR count). The number of carbonyl (C=O) groups excluding carboxylic acids is 1. The number of ether oxygens (including phenoxy) is 1. The molecule has 0 saturated heterocycles. The molecule has 1 N–H and O–H groups in total. The summed E-state index contributed by atoms with van der Waals surface area (Å²) in [6.45, 7) is 1.83. The second-order valence-electron chi connectivity index (χ2n) is 7.08.